The molecule has 6 nitrogen and oxygen atoms in total. The highest BCUT2D eigenvalue weighted by Gasteiger charge is 2.57. The second kappa shape index (κ2) is 7.84. The molecular weight excluding hydrogens is 356 g/mol. The first-order valence-corrected chi connectivity index (χ1v) is 10.6. The van der Waals surface area contributed by atoms with Crippen LogP contribution in [0.2, 0.25) is 0 Å². The van der Waals surface area contributed by atoms with E-state index in [1.165, 1.54) is 0 Å². The summed E-state index contributed by atoms with van der Waals surface area (Å²) in [6.45, 7) is 7.10. The van der Waals surface area contributed by atoms with Crippen LogP contribution in [0.5, 0.6) is 0 Å². The lowest BCUT2D eigenvalue weighted by Gasteiger charge is -2.34. The number of benzene rings is 1. The summed E-state index contributed by atoms with van der Waals surface area (Å²) in [5, 5.41) is 0. The highest BCUT2D eigenvalue weighted by Crippen LogP contribution is 2.48. The molecule has 0 bridgehead atoms. The number of unbranched alkanes of at least 4 members (excludes halogenated alkanes) is 1. The van der Waals surface area contributed by atoms with Crippen LogP contribution in [0, 0.1) is 6.92 Å². The van der Waals surface area contributed by atoms with Crippen molar-refractivity contribution in [1.29, 1.82) is 0 Å². The molecule has 28 heavy (non-hydrogen) atoms. The first kappa shape index (κ1) is 19.4. The summed E-state index contributed by atoms with van der Waals surface area (Å²) in [5.41, 5.74) is 2.86. The number of ether oxygens (including phenoxy) is 2. The molecule has 0 atom stereocenters. The van der Waals surface area contributed by atoms with E-state index in [2.05, 4.69) is 6.92 Å². The van der Waals surface area contributed by atoms with E-state index in [1.807, 2.05) is 24.0 Å². The van der Waals surface area contributed by atoms with Gasteiger partial charge in [0.05, 0.1) is 30.0 Å². The van der Waals surface area contributed by atoms with Crippen LogP contribution in [0.25, 0.3) is 0 Å². The van der Waals surface area contributed by atoms with E-state index >= 15 is 0 Å². The molecule has 0 saturated carbocycles. The zero-order chi connectivity index (χ0) is 19.7. The van der Waals surface area contributed by atoms with Gasteiger partial charge in [0.15, 0.2) is 0 Å². The third-order valence-electron chi connectivity index (χ3n) is 6.03. The summed E-state index contributed by atoms with van der Waals surface area (Å²) in [4.78, 5) is 30.7. The van der Waals surface area contributed by atoms with Gasteiger partial charge in [-0.25, -0.2) is 0 Å². The number of hydrogen-bond acceptors (Lipinski definition) is 4. The largest absolute Gasteiger partial charge is 0.339 e. The number of amides is 2. The molecule has 0 aliphatic carbocycles. The molecule has 0 aromatic heterocycles. The Bertz CT molecular complexity index is 764. The van der Waals surface area contributed by atoms with Crippen molar-refractivity contribution in [1.82, 2.24) is 4.90 Å². The molecule has 152 valence electrons. The van der Waals surface area contributed by atoms with Crippen molar-refractivity contribution in [2.45, 2.75) is 58.2 Å². The van der Waals surface area contributed by atoms with E-state index in [9.17, 15) is 9.59 Å². The quantitative estimate of drug-likeness (QED) is 0.796. The normalized spacial score (nSPS) is 21.3. The Morgan fingerprint density at radius 3 is 2.50 bits per heavy atom. The summed E-state index contributed by atoms with van der Waals surface area (Å²) >= 11 is 0. The minimum atomic E-state index is -1.46. The molecule has 4 rings (SSSR count). The molecule has 0 N–H and O–H groups in total. The van der Waals surface area contributed by atoms with Gasteiger partial charge in [0.25, 0.3) is 17.6 Å². The molecule has 2 saturated heterocycles. The molecule has 3 heterocycles. The number of nitrogens with zero attached hydrogens (tertiary/aromatic N) is 2. The third kappa shape index (κ3) is 3.03. The molecule has 3 aliphatic rings. The van der Waals surface area contributed by atoms with Crippen molar-refractivity contribution in [3.8, 4) is 0 Å². The van der Waals surface area contributed by atoms with Gasteiger partial charge >= 0.3 is 0 Å². The summed E-state index contributed by atoms with van der Waals surface area (Å²) < 4.78 is 12.0. The summed E-state index contributed by atoms with van der Waals surface area (Å²) in [6.07, 6.45) is 5.85. The second-order valence-electron chi connectivity index (χ2n) is 7.98. The Hall–Kier alpha value is -1.92. The Labute approximate surface area is 166 Å². The van der Waals surface area contributed by atoms with Gasteiger partial charge in [-0.2, -0.15) is 0 Å². The van der Waals surface area contributed by atoms with Gasteiger partial charge in [0.2, 0.25) is 0 Å². The zero-order valence-corrected chi connectivity index (χ0v) is 17.0. The number of likely N-dealkylation sites (tertiary alicyclic amines) is 1. The minimum absolute atomic E-state index is 0.00339. The number of fused-ring (bicyclic) bond motifs is 2. The maximum absolute atomic E-state index is 13.5. The summed E-state index contributed by atoms with van der Waals surface area (Å²) in [6, 6.07) is 3.89. The monoisotopic (exact) mass is 386 g/mol. The maximum atomic E-state index is 13.5. The minimum Gasteiger partial charge on any atom is -0.339 e. The van der Waals surface area contributed by atoms with Gasteiger partial charge < -0.3 is 19.3 Å². The average molecular weight is 386 g/mol. The number of piperidine rings is 1. The molecular formula is C22H30N2O4. The predicted octanol–water partition coefficient (Wildman–Crippen LogP) is 3.36. The fraction of sp³-hybridized carbons (Fsp3) is 0.636. The van der Waals surface area contributed by atoms with Crippen LogP contribution in [-0.2, 0) is 20.1 Å². The van der Waals surface area contributed by atoms with Crippen molar-refractivity contribution in [2.75, 3.05) is 37.7 Å². The molecule has 1 aromatic carbocycles. The van der Waals surface area contributed by atoms with Crippen molar-refractivity contribution in [2.24, 2.45) is 0 Å². The standard InChI is InChI=1S/C22H30N2O4/c1-3-4-13-24-17-10-9-16(2)18(20(25)23-11-6-5-7-12-23)19(17)22(21(24)26)27-14-8-15-28-22/h9-10H,3-8,11-15H2,1-2H3. The number of aryl methyl sites for hydroxylation is 1. The van der Waals surface area contributed by atoms with Crippen LogP contribution in [0.1, 0.15) is 66.9 Å². The van der Waals surface area contributed by atoms with Crippen molar-refractivity contribution < 1.29 is 19.1 Å². The highest BCUT2D eigenvalue weighted by atomic mass is 16.7. The average Bonchev–Trinajstić information content (AvgIpc) is 2.95. The lowest BCUT2D eigenvalue weighted by Crippen LogP contribution is -2.48. The Balaban J connectivity index is 1.84. The predicted molar refractivity (Wildman–Crippen MR) is 106 cm³/mol. The van der Waals surface area contributed by atoms with Crippen LogP contribution >= 0.6 is 0 Å². The molecule has 2 fully saturated rings. The van der Waals surface area contributed by atoms with Crippen LogP contribution in [0.4, 0.5) is 5.69 Å². The lowest BCUT2D eigenvalue weighted by molar-refractivity contribution is -0.256. The van der Waals surface area contributed by atoms with Gasteiger partial charge in [-0.15, -0.1) is 0 Å². The van der Waals surface area contributed by atoms with E-state index in [4.69, 9.17) is 9.47 Å². The van der Waals surface area contributed by atoms with E-state index in [0.717, 1.165) is 62.9 Å². The fourth-order valence-corrected chi connectivity index (χ4v) is 4.52. The highest BCUT2D eigenvalue weighted by molar-refractivity contribution is 6.11. The lowest BCUT2D eigenvalue weighted by atomic mass is 9.93. The zero-order valence-electron chi connectivity index (χ0n) is 17.0. The van der Waals surface area contributed by atoms with E-state index < -0.39 is 5.79 Å². The molecule has 1 aromatic rings. The van der Waals surface area contributed by atoms with Crippen molar-refractivity contribution in [3.63, 3.8) is 0 Å². The Morgan fingerprint density at radius 1 is 1.11 bits per heavy atom. The van der Waals surface area contributed by atoms with E-state index in [0.29, 0.717) is 30.9 Å². The van der Waals surface area contributed by atoms with Gasteiger partial charge in [-0.05, 0) is 50.7 Å². The van der Waals surface area contributed by atoms with Crippen LogP contribution < -0.4 is 4.90 Å². The van der Waals surface area contributed by atoms with Crippen LogP contribution in [0.3, 0.4) is 0 Å². The topological polar surface area (TPSA) is 59.1 Å². The first-order valence-electron chi connectivity index (χ1n) is 10.6. The molecule has 6 heteroatoms. The van der Waals surface area contributed by atoms with Crippen LogP contribution in [0.15, 0.2) is 12.1 Å². The van der Waals surface area contributed by atoms with Crippen LogP contribution in [-0.4, -0.2) is 49.6 Å². The number of hydrogen-bond donors (Lipinski definition) is 0. The summed E-state index contributed by atoms with van der Waals surface area (Å²) in [7, 11) is 0. The second-order valence-corrected chi connectivity index (χ2v) is 7.98. The third-order valence-corrected chi connectivity index (χ3v) is 6.03. The molecule has 0 radical (unpaired) electrons. The van der Waals surface area contributed by atoms with Crippen molar-refractivity contribution >= 4 is 17.5 Å². The SMILES string of the molecule is CCCCN1C(=O)C2(OCCCO2)c2c1ccc(C)c2C(=O)N1CCCCC1. The number of rotatable bonds is 4. The molecule has 0 unspecified atom stereocenters. The fourth-order valence-electron chi connectivity index (χ4n) is 4.52. The van der Waals surface area contributed by atoms with Gasteiger partial charge in [0, 0.05) is 19.6 Å². The van der Waals surface area contributed by atoms with E-state index in [1.54, 1.807) is 4.90 Å². The Kier molecular flexibility index (Phi) is 5.43. The first-order chi connectivity index (χ1) is 13.6. The van der Waals surface area contributed by atoms with E-state index in [-0.39, 0.29) is 11.8 Å². The van der Waals surface area contributed by atoms with Gasteiger partial charge in [-0.3, -0.25) is 9.59 Å². The molecule has 3 aliphatic heterocycles. The van der Waals surface area contributed by atoms with Gasteiger partial charge in [-0.1, -0.05) is 19.4 Å². The van der Waals surface area contributed by atoms with Gasteiger partial charge in [0.1, 0.15) is 0 Å². The van der Waals surface area contributed by atoms with Crippen molar-refractivity contribution in [3.05, 3.63) is 28.8 Å². The molecule has 1 spiro atoms. The number of anilines is 1. The molecule has 2 amide bonds. The summed E-state index contributed by atoms with van der Waals surface area (Å²) in [5.74, 6) is -1.65. The number of carbonyl (C=O) groups is 2. The smallest absolute Gasteiger partial charge is 0.292 e. The Morgan fingerprint density at radius 2 is 1.82 bits per heavy atom. The number of carbonyl (C=O) groups excluding carboxylic acids is 2. The maximum Gasteiger partial charge on any atom is 0.292 e.